The summed E-state index contributed by atoms with van der Waals surface area (Å²) in [6, 6.07) is 7.13. The zero-order chi connectivity index (χ0) is 13.2. The van der Waals surface area contributed by atoms with Gasteiger partial charge in [-0.15, -0.1) is 0 Å². The van der Waals surface area contributed by atoms with Gasteiger partial charge in [0.05, 0.1) is 24.3 Å². The van der Waals surface area contributed by atoms with Crippen molar-refractivity contribution >= 4 is 0 Å². The Hall–Kier alpha value is -1.44. The largest absolute Gasteiger partial charge is 0.375 e. The molecule has 1 heterocycles. The van der Waals surface area contributed by atoms with Crippen LogP contribution < -0.4 is 0 Å². The van der Waals surface area contributed by atoms with E-state index in [0.29, 0.717) is 29.8 Å². The number of nitrogens with zero attached hydrogens (tertiary/aromatic N) is 2. The van der Waals surface area contributed by atoms with Crippen molar-refractivity contribution < 1.29 is 9.13 Å². The Labute approximate surface area is 112 Å². The van der Waals surface area contributed by atoms with Gasteiger partial charge in [0.1, 0.15) is 5.82 Å². The third kappa shape index (κ3) is 2.49. The molecule has 0 bridgehead atoms. The average molecular weight is 260 g/mol. The summed E-state index contributed by atoms with van der Waals surface area (Å²) in [6.07, 6.45) is 3.79. The summed E-state index contributed by atoms with van der Waals surface area (Å²) >= 11 is 0. The summed E-state index contributed by atoms with van der Waals surface area (Å²) in [5, 5.41) is 8.75. The van der Waals surface area contributed by atoms with Crippen LogP contribution in [0, 0.1) is 17.1 Å². The minimum absolute atomic E-state index is 0.278. The number of fused-ring (bicyclic) bond motifs is 1. The molecule has 1 aliphatic carbocycles. The molecule has 0 aromatic heterocycles. The Balaban J connectivity index is 1.75. The van der Waals surface area contributed by atoms with Crippen LogP contribution in [0.25, 0.3) is 0 Å². The molecule has 1 aromatic carbocycles. The smallest absolute Gasteiger partial charge is 0.129 e. The zero-order valence-corrected chi connectivity index (χ0v) is 10.8. The fraction of sp³-hybridized carbons (Fsp3) is 0.533. The minimum atomic E-state index is -0.278. The van der Waals surface area contributed by atoms with Crippen molar-refractivity contribution in [3.05, 3.63) is 35.1 Å². The Bertz CT molecular complexity index is 511. The molecule has 1 saturated carbocycles. The summed E-state index contributed by atoms with van der Waals surface area (Å²) in [4.78, 5) is 2.33. The fourth-order valence-corrected chi connectivity index (χ4v) is 3.17. The first-order valence-corrected chi connectivity index (χ1v) is 6.82. The number of morpholine rings is 1. The molecule has 1 aliphatic heterocycles. The van der Waals surface area contributed by atoms with E-state index in [1.165, 1.54) is 12.5 Å². The normalized spacial score (nSPS) is 26.9. The van der Waals surface area contributed by atoms with Crippen LogP contribution in [0.3, 0.4) is 0 Å². The van der Waals surface area contributed by atoms with Crippen molar-refractivity contribution in [2.45, 2.75) is 38.0 Å². The first-order valence-electron chi connectivity index (χ1n) is 6.82. The molecule has 3 rings (SSSR count). The second-order valence-electron chi connectivity index (χ2n) is 5.30. The Morgan fingerprint density at radius 3 is 3.11 bits per heavy atom. The molecule has 0 N–H and O–H groups in total. The number of benzene rings is 1. The molecule has 0 spiro atoms. The molecule has 2 fully saturated rings. The van der Waals surface area contributed by atoms with E-state index in [1.807, 2.05) is 6.07 Å². The molecule has 1 saturated heterocycles. The summed E-state index contributed by atoms with van der Waals surface area (Å²) in [5.41, 5.74) is 1.05. The average Bonchev–Trinajstić information content (AvgIpc) is 2.90. The highest BCUT2D eigenvalue weighted by atomic mass is 19.1. The quantitative estimate of drug-likeness (QED) is 0.819. The Kier molecular flexibility index (Phi) is 3.50. The van der Waals surface area contributed by atoms with E-state index in [4.69, 9.17) is 10.00 Å². The maximum atomic E-state index is 13.9. The van der Waals surface area contributed by atoms with E-state index in [1.54, 1.807) is 12.1 Å². The van der Waals surface area contributed by atoms with Crippen molar-refractivity contribution in [2.24, 2.45) is 0 Å². The number of hydrogen-bond donors (Lipinski definition) is 0. The molecule has 0 amide bonds. The third-order valence-electron chi connectivity index (χ3n) is 4.15. The van der Waals surface area contributed by atoms with Crippen molar-refractivity contribution in [1.82, 2.24) is 4.90 Å². The first-order chi connectivity index (χ1) is 9.28. The van der Waals surface area contributed by atoms with Crippen molar-refractivity contribution in [2.75, 3.05) is 13.2 Å². The van der Waals surface area contributed by atoms with Gasteiger partial charge in [-0.3, -0.25) is 4.90 Å². The molecule has 100 valence electrons. The number of hydrogen-bond acceptors (Lipinski definition) is 3. The van der Waals surface area contributed by atoms with Crippen molar-refractivity contribution in [1.29, 1.82) is 5.26 Å². The molecular weight excluding hydrogens is 243 g/mol. The van der Waals surface area contributed by atoms with Gasteiger partial charge >= 0.3 is 0 Å². The highest BCUT2D eigenvalue weighted by Crippen LogP contribution is 2.30. The van der Waals surface area contributed by atoms with Gasteiger partial charge in [-0.1, -0.05) is 6.07 Å². The predicted molar refractivity (Wildman–Crippen MR) is 68.9 cm³/mol. The van der Waals surface area contributed by atoms with E-state index >= 15 is 0 Å². The van der Waals surface area contributed by atoms with Gasteiger partial charge in [0, 0.05) is 24.7 Å². The van der Waals surface area contributed by atoms with Crippen LogP contribution >= 0.6 is 0 Å². The maximum Gasteiger partial charge on any atom is 0.129 e. The molecule has 1 aromatic rings. The molecule has 3 nitrogen and oxygen atoms in total. The monoisotopic (exact) mass is 260 g/mol. The van der Waals surface area contributed by atoms with E-state index in [-0.39, 0.29) is 5.82 Å². The lowest BCUT2D eigenvalue weighted by Crippen LogP contribution is -2.47. The summed E-state index contributed by atoms with van der Waals surface area (Å²) in [7, 11) is 0. The van der Waals surface area contributed by atoms with E-state index < -0.39 is 0 Å². The van der Waals surface area contributed by atoms with E-state index in [0.717, 1.165) is 26.0 Å². The molecular formula is C15H17FN2O. The molecule has 2 unspecified atom stereocenters. The maximum absolute atomic E-state index is 13.9. The van der Waals surface area contributed by atoms with Crippen LogP contribution in [0.1, 0.15) is 30.4 Å². The van der Waals surface area contributed by atoms with Gasteiger partial charge < -0.3 is 4.74 Å². The highest BCUT2D eigenvalue weighted by Gasteiger charge is 2.36. The SMILES string of the molecule is N#Cc1ccc(CN2CCOC3CCCC32)c(F)c1. The van der Waals surface area contributed by atoms with Gasteiger partial charge in [0.15, 0.2) is 0 Å². The number of halogens is 1. The molecule has 19 heavy (non-hydrogen) atoms. The Morgan fingerprint density at radius 2 is 2.32 bits per heavy atom. The second-order valence-corrected chi connectivity index (χ2v) is 5.30. The van der Waals surface area contributed by atoms with Crippen LogP contribution in [-0.4, -0.2) is 30.2 Å². The van der Waals surface area contributed by atoms with Crippen LogP contribution in [0.15, 0.2) is 18.2 Å². The zero-order valence-electron chi connectivity index (χ0n) is 10.8. The summed E-state index contributed by atoms with van der Waals surface area (Å²) < 4.78 is 19.7. The number of ether oxygens (including phenoxy) is 1. The predicted octanol–water partition coefficient (Wildman–Crippen LogP) is 2.45. The topological polar surface area (TPSA) is 36.3 Å². The van der Waals surface area contributed by atoms with Gasteiger partial charge in [-0.25, -0.2) is 4.39 Å². The molecule has 0 radical (unpaired) electrons. The van der Waals surface area contributed by atoms with Gasteiger partial charge in [-0.05, 0) is 31.4 Å². The molecule has 4 heteroatoms. The van der Waals surface area contributed by atoms with Crippen molar-refractivity contribution in [3.8, 4) is 6.07 Å². The van der Waals surface area contributed by atoms with Crippen LogP contribution in [0.4, 0.5) is 4.39 Å². The third-order valence-corrected chi connectivity index (χ3v) is 4.15. The van der Waals surface area contributed by atoms with E-state index in [2.05, 4.69) is 4.90 Å². The lowest BCUT2D eigenvalue weighted by atomic mass is 10.1. The molecule has 2 atom stereocenters. The Morgan fingerprint density at radius 1 is 1.42 bits per heavy atom. The van der Waals surface area contributed by atoms with Crippen LogP contribution in [0.2, 0.25) is 0 Å². The second kappa shape index (κ2) is 5.28. The fourth-order valence-electron chi connectivity index (χ4n) is 3.17. The van der Waals surface area contributed by atoms with Crippen LogP contribution in [0.5, 0.6) is 0 Å². The van der Waals surface area contributed by atoms with Crippen LogP contribution in [-0.2, 0) is 11.3 Å². The highest BCUT2D eigenvalue weighted by molar-refractivity contribution is 5.32. The van der Waals surface area contributed by atoms with Crippen molar-refractivity contribution in [3.63, 3.8) is 0 Å². The summed E-state index contributed by atoms with van der Waals surface area (Å²) in [5.74, 6) is -0.278. The lowest BCUT2D eigenvalue weighted by Gasteiger charge is -2.37. The minimum Gasteiger partial charge on any atom is -0.375 e. The standard InChI is InChI=1S/C15H17FN2O/c16-13-8-11(9-17)4-5-12(13)10-18-6-7-19-15-3-1-2-14(15)18/h4-5,8,14-15H,1-3,6-7,10H2. The van der Waals surface area contributed by atoms with Gasteiger partial charge in [0.25, 0.3) is 0 Å². The summed E-state index contributed by atoms with van der Waals surface area (Å²) in [6.45, 7) is 2.21. The van der Waals surface area contributed by atoms with E-state index in [9.17, 15) is 4.39 Å². The van der Waals surface area contributed by atoms with Gasteiger partial charge in [-0.2, -0.15) is 5.26 Å². The lowest BCUT2D eigenvalue weighted by molar-refractivity contribution is -0.0591. The number of rotatable bonds is 2. The molecule has 2 aliphatic rings. The van der Waals surface area contributed by atoms with Gasteiger partial charge in [0.2, 0.25) is 0 Å². The number of nitriles is 1. The first kappa shape index (κ1) is 12.6.